The van der Waals surface area contributed by atoms with Gasteiger partial charge in [-0.2, -0.15) is 5.26 Å². The lowest BCUT2D eigenvalue weighted by molar-refractivity contribution is 0.161. The van der Waals surface area contributed by atoms with Crippen molar-refractivity contribution >= 4 is 0 Å². The van der Waals surface area contributed by atoms with Gasteiger partial charge in [0.1, 0.15) is 0 Å². The number of hydrogen-bond donors (Lipinski definition) is 0. The fraction of sp³-hybridized carbons (Fsp3) is 0.611. The van der Waals surface area contributed by atoms with Gasteiger partial charge >= 0.3 is 0 Å². The Morgan fingerprint density at radius 3 is 2.40 bits per heavy atom. The molecular formula is C18H26N2. The molecule has 1 unspecified atom stereocenters. The number of benzene rings is 1. The fourth-order valence-corrected chi connectivity index (χ4v) is 3.34. The van der Waals surface area contributed by atoms with E-state index < -0.39 is 0 Å². The van der Waals surface area contributed by atoms with Crippen LogP contribution in [0.25, 0.3) is 0 Å². The molecule has 1 atom stereocenters. The number of nitrogens with zero attached hydrogens (tertiary/aromatic N) is 2. The smallest absolute Gasteiger partial charge is 0.0839 e. The minimum atomic E-state index is -0.00917. The summed E-state index contributed by atoms with van der Waals surface area (Å²) in [7, 11) is 2.18. The zero-order chi connectivity index (χ0) is 14.4. The molecule has 0 aromatic heterocycles. The lowest BCUT2D eigenvalue weighted by Crippen LogP contribution is -2.37. The molecule has 2 heteroatoms. The number of rotatable bonds is 5. The summed E-state index contributed by atoms with van der Waals surface area (Å²) < 4.78 is 0. The van der Waals surface area contributed by atoms with Gasteiger partial charge in [0.2, 0.25) is 0 Å². The second-order valence-electron chi connectivity index (χ2n) is 6.11. The summed E-state index contributed by atoms with van der Waals surface area (Å²) in [5.41, 5.74) is 1.14. The molecule has 0 heterocycles. The minimum Gasteiger partial charge on any atom is -0.302 e. The van der Waals surface area contributed by atoms with Crippen LogP contribution in [-0.2, 0) is 0 Å². The van der Waals surface area contributed by atoms with E-state index in [-0.39, 0.29) is 5.92 Å². The lowest BCUT2D eigenvalue weighted by Gasteiger charge is -2.35. The van der Waals surface area contributed by atoms with Crippen LogP contribution in [0.3, 0.4) is 0 Å². The average molecular weight is 270 g/mol. The van der Waals surface area contributed by atoms with Crippen LogP contribution < -0.4 is 0 Å². The second kappa shape index (κ2) is 7.45. The summed E-state index contributed by atoms with van der Waals surface area (Å²) in [4.78, 5) is 2.41. The van der Waals surface area contributed by atoms with Gasteiger partial charge < -0.3 is 4.90 Å². The average Bonchev–Trinajstić information content (AvgIpc) is 2.53. The van der Waals surface area contributed by atoms with Crippen molar-refractivity contribution in [2.24, 2.45) is 5.92 Å². The molecule has 0 amide bonds. The number of hydrogen-bond acceptors (Lipinski definition) is 2. The van der Waals surface area contributed by atoms with Crippen molar-refractivity contribution in [2.75, 3.05) is 13.6 Å². The topological polar surface area (TPSA) is 27.0 Å². The molecule has 1 aliphatic carbocycles. The minimum absolute atomic E-state index is 0.00917. The Morgan fingerprint density at radius 2 is 1.85 bits per heavy atom. The molecule has 1 aromatic carbocycles. The molecule has 0 bridgehead atoms. The molecule has 108 valence electrons. The number of likely N-dealkylation sites (N-methyl/N-ethyl adjacent to an activating group) is 1. The van der Waals surface area contributed by atoms with E-state index in [4.69, 9.17) is 0 Å². The Balaban J connectivity index is 1.90. The van der Waals surface area contributed by atoms with Crippen LogP contribution in [0.1, 0.15) is 50.5 Å². The Morgan fingerprint density at radius 1 is 1.20 bits per heavy atom. The van der Waals surface area contributed by atoms with Gasteiger partial charge in [0.05, 0.1) is 12.0 Å². The first-order chi connectivity index (χ1) is 9.74. The summed E-state index contributed by atoms with van der Waals surface area (Å²) in [5, 5.41) is 9.43. The molecule has 2 nitrogen and oxygen atoms in total. The van der Waals surface area contributed by atoms with Gasteiger partial charge in [0.15, 0.2) is 0 Å². The van der Waals surface area contributed by atoms with Gasteiger partial charge in [0.25, 0.3) is 0 Å². The molecule has 2 rings (SSSR count). The molecule has 1 saturated carbocycles. The molecule has 0 spiro atoms. The quantitative estimate of drug-likeness (QED) is 0.802. The van der Waals surface area contributed by atoms with Crippen LogP contribution in [0, 0.1) is 17.2 Å². The van der Waals surface area contributed by atoms with Crippen LogP contribution in [0.2, 0.25) is 0 Å². The highest BCUT2D eigenvalue weighted by Gasteiger charge is 2.24. The third kappa shape index (κ3) is 3.84. The normalized spacial score (nSPS) is 24.3. The standard InChI is InChI=1S/C18H26N2/c1-3-15-9-11-18(12-10-15)20(2)14-17(13-19)16-7-5-4-6-8-16/h4-8,15,17-18H,3,9-12,14H2,1-2H3. The lowest BCUT2D eigenvalue weighted by atomic mass is 9.83. The molecule has 1 aliphatic rings. The molecule has 0 saturated heterocycles. The molecule has 1 fully saturated rings. The Hall–Kier alpha value is -1.33. The maximum Gasteiger partial charge on any atom is 0.0839 e. The predicted octanol–water partition coefficient (Wildman–Crippen LogP) is 4.19. The van der Waals surface area contributed by atoms with E-state index >= 15 is 0 Å². The number of nitriles is 1. The monoisotopic (exact) mass is 270 g/mol. The van der Waals surface area contributed by atoms with Crippen LogP contribution >= 0.6 is 0 Å². The largest absolute Gasteiger partial charge is 0.302 e. The van der Waals surface area contributed by atoms with E-state index in [0.29, 0.717) is 6.04 Å². The van der Waals surface area contributed by atoms with Gasteiger partial charge in [-0.25, -0.2) is 0 Å². The Labute approximate surface area is 123 Å². The summed E-state index contributed by atoms with van der Waals surface area (Å²) >= 11 is 0. The highest BCUT2D eigenvalue weighted by Crippen LogP contribution is 2.30. The van der Waals surface area contributed by atoms with Gasteiger partial charge in [-0.3, -0.25) is 0 Å². The van der Waals surface area contributed by atoms with Gasteiger partial charge in [-0.05, 0) is 44.2 Å². The zero-order valence-corrected chi connectivity index (χ0v) is 12.8. The van der Waals surface area contributed by atoms with E-state index in [9.17, 15) is 5.26 Å². The molecule has 1 aromatic rings. The first-order valence-corrected chi connectivity index (χ1v) is 7.89. The van der Waals surface area contributed by atoms with Crippen molar-refractivity contribution in [1.82, 2.24) is 4.90 Å². The van der Waals surface area contributed by atoms with E-state index in [0.717, 1.165) is 18.0 Å². The van der Waals surface area contributed by atoms with Crippen molar-refractivity contribution < 1.29 is 0 Å². The maximum absolute atomic E-state index is 9.43. The maximum atomic E-state index is 9.43. The third-order valence-electron chi connectivity index (χ3n) is 4.85. The van der Waals surface area contributed by atoms with Crippen molar-refractivity contribution in [2.45, 2.75) is 51.0 Å². The summed E-state index contributed by atoms with van der Waals surface area (Å²) in [6, 6.07) is 13.3. The summed E-state index contributed by atoms with van der Waals surface area (Å²) in [6.45, 7) is 3.15. The van der Waals surface area contributed by atoms with Crippen LogP contribution in [-0.4, -0.2) is 24.5 Å². The molecular weight excluding hydrogens is 244 g/mol. The van der Waals surface area contributed by atoms with Crippen molar-refractivity contribution in [3.8, 4) is 6.07 Å². The van der Waals surface area contributed by atoms with Gasteiger partial charge in [0, 0.05) is 12.6 Å². The Bertz CT molecular complexity index is 426. The SMILES string of the molecule is CCC1CCC(N(C)CC(C#N)c2ccccc2)CC1. The molecule has 0 aliphatic heterocycles. The molecule has 20 heavy (non-hydrogen) atoms. The van der Waals surface area contributed by atoms with Crippen LogP contribution in [0.4, 0.5) is 0 Å². The fourth-order valence-electron chi connectivity index (χ4n) is 3.34. The van der Waals surface area contributed by atoms with Crippen molar-refractivity contribution in [3.63, 3.8) is 0 Å². The van der Waals surface area contributed by atoms with Crippen LogP contribution in [0.5, 0.6) is 0 Å². The van der Waals surface area contributed by atoms with E-state index in [1.165, 1.54) is 32.1 Å². The highest BCUT2D eigenvalue weighted by molar-refractivity contribution is 5.25. The van der Waals surface area contributed by atoms with Crippen LogP contribution in [0.15, 0.2) is 30.3 Å². The van der Waals surface area contributed by atoms with E-state index in [2.05, 4.69) is 37.1 Å². The predicted molar refractivity (Wildman–Crippen MR) is 83.5 cm³/mol. The van der Waals surface area contributed by atoms with Gasteiger partial charge in [-0.15, -0.1) is 0 Å². The first kappa shape index (κ1) is 15.1. The third-order valence-corrected chi connectivity index (χ3v) is 4.85. The molecule has 0 N–H and O–H groups in total. The zero-order valence-electron chi connectivity index (χ0n) is 12.8. The van der Waals surface area contributed by atoms with Crippen molar-refractivity contribution in [3.05, 3.63) is 35.9 Å². The summed E-state index contributed by atoms with van der Waals surface area (Å²) in [5.74, 6) is 0.922. The second-order valence-corrected chi connectivity index (χ2v) is 6.11. The highest BCUT2D eigenvalue weighted by atomic mass is 15.1. The van der Waals surface area contributed by atoms with Crippen molar-refractivity contribution in [1.29, 1.82) is 5.26 Å². The first-order valence-electron chi connectivity index (χ1n) is 7.89. The van der Waals surface area contributed by atoms with E-state index in [1.807, 2.05) is 18.2 Å². The van der Waals surface area contributed by atoms with E-state index in [1.54, 1.807) is 0 Å². The molecule has 0 radical (unpaired) electrons. The summed E-state index contributed by atoms with van der Waals surface area (Å²) in [6.07, 6.45) is 6.62. The Kier molecular flexibility index (Phi) is 5.61. The van der Waals surface area contributed by atoms with Gasteiger partial charge in [-0.1, -0.05) is 43.7 Å².